The third-order valence-electron chi connectivity index (χ3n) is 3.53. The third kappa shape index (κ3) is 4.19. The van der Waals surface area contributed by atoms with Crippen LogP contribution in [-0.4, -0.2) is 31.6 Å². The van der Waals surface area contributed by atoms with E-state index < -0.39 is 5.97 Å². The van der Waals surface area contributed by atoms with Gasteiger partial charge in [0.25, 0.3) is 0 Å². The van der Waals surface area contributed by atoms with E-state index in [0.717, 1.165) is 25.7 Å². The van der Waals surface area contributed by atoms with Gasteiger partial charge in [-0.25, -0.2) is 4.39 Å². The summed E-state index contributed by atoms with van der Waals surface area (Å²) in [6, 6.07) is 4.07. The molecule has 22 heavy (non-hydrogen) atoms. The van der Waals surface area contributed by atoms with Gasteiger partial charge in [-0.15, -0.1) is 0 Å². The largest absolute Gasteiger partial charge is 0.464 e. The average Bonchev–Trinajstić information content (AvgIpc) is 2.50. The highest BCUT2D eigenvalue weighted by Crippen LogP contribution is 2.29. The molecule has 1 aromatic carbocycles. The molecule has 1 N–H and O–H groups in total. The van der Waals surface area contributed by atoms with Crippen molar-refractivity contribution in [1.29, 1.82) is 0 Å². The number of hydrogen-bond acceptors (Lipinski definition) is 4. The summed E-state index contributed by atoms with van der Waals surface area (Å²) in [7, 11) is 0. The minimum absolute atomic E-state index is 0.0419. The number of amides is 1. The summed E-state index contributed by atoms with van der Waals surface area (Å²) in [5.41, 5.74) is 1.01. The Morgan fingerprint density at radius 2 is 2.18 bits per heavy atom. The lowest BCUT2D eigenvalue weighted by Crippen LogP contribution is -2.43. The van der Waals surface area contributed by atoms with E-state index in [2.05, 4.69) is 12.2 Å². The van der Waals surface area contributed by atoms with Crippen molar-refractivity contribution in [3.05, 3.63) is 24.0 Å². The van der Waals surface area contributed by atoms with Crippen molar-refractivity contribution in [2.24, 2.45) is 0 Å². The average molecular weight is 308 g/mol. The van der Waals surface area contributed by atoms with Crippen LogP contribution < -0.4 is 10.2 Å². The van der Waals surface area contributed by atoms with E-state index in [1.165, 1.54) is 23.1 Å². The number of carbonyl (C=O) groups excluding carboxylic acids is 2. The number of esters is 1. The number of hydrogen-bond donors (Lipinski definition) is 1. The number of nitrogens with one attached hydrogen (secondary N) is 1. The lowest BCUT2D eigenvalue weighted by atomic mass is 10.2. The predicted octanol–water partition coefficient (Wildman–Crippen LogP) is 2.71. The van der Waals surface area contributed by atoms with Gasteiger partial charge in [-0.05, 0) is 24.6 Å². The van der Waals surface area contributed by atoms with Crippen molar-refractivity contribution >= 4 is 23.3 Å². The van der Waals surface area contributed by atoms with Gasteiger partial charge in [-0.3, -0.25) is 14.5 Å². The Kier molecular flexibility index (Phi) is 5.75. The maximum absolute atomic E-state index is 13.2. The Hall–Kier alpha value is -2.11. The highest BCUT2D eigenvalue weighted by atomic mass is 19.1. The summed E-state index contributed by atoms with van der Waals surface area (Å²) in [4.78, 5) is 25.1. The van der Waals surface area contributed by atoms with Crippen LogP contribution in [0.5, 0.6) is 0 Å². The highest BCUT2D eigenvalue weighted by molar-refractivity contribution is 6.05. The van der Waals surface area contributed by atoms with Gasteiger partial charge in [0.2, 0.25) is 5.91 Å². The number of rotatable bonds is 7. The normalized spacial score (nSPS) is 13.5. The van der Waals surface area contributed by atoms with Crippen LogP contribution in [0.1, 0.15) is 32.6 Å². The van der Waals surface area contributed by atoms with E-state index in [4.69, 9.17) is 4.74 Å². The Balaban J connectivity index is 1.92. The number of ether oxygens (including phenoxy) is 1. The fourth-order valence-corrected chi connectivity index (χ4v) is 2.35. The Bertz CT molecular complexity index is 548. The zero-order chi connectivity index (χ0) is 15.9. The van der Waals surface area contributed by atoms with E-state index >= 15 is 0 Å². The summed E-state index contributed by atoms with van der Waals surface area (Å²) in [5.74, 6) is -1.07. The molecule has 1 heterocycles. The molecule has 2 rings (SSSR count). The van der Waals surface area contributed by atoms with E-state index in [1.54, 1.807) is 0 Å². The molecule has 120 valence electrons. The highest BCUT2D eigenvalue weighted by Gasteiger charge is 2.26. The van der Waals surface area contributed by atoms with Crippen molar-refractivity contribution in [2.75, 3.05) is 29.9 Å². The first kappa shape index (κ1) is 16.3. The molecule has 0 saturated heterocycles. The van der Waals surface area contributed by atoms with Gasteiger partial charge in [-0.1, -0.05) is 26.2 Å². The molecule has 1 aliphatic heterocycles. The fourth-order valence-electron chi connectivity index (χ4n) is 2.35. The lowest BCUT2D eigenvalue weighted by Gasteiger charge is -2.29. The summed E-state index contributed by atoms with van der Waals surface area (Å²) in [6.45, 7) is 2.38. The molecular formula is C16H21FN2O3. The second kappa shape index (κ2) is 7.77. The first-order valence-corrected chi connectivity index (χ1v) is 7.61. The molecular weight excluding hydrogens is 287 g/mol. The molecule has 0 bridgehead atoms. The van der Waals surface area contributed by atoms with Crippen LogP contribution in [0, 0.1) is 5.82 Å². The number of carbonyl (C=O) groups is 2. The van der Waals surface area contributed by atoms with Crippen LogP contribution in [0.15, 0.2) is 18.2 Å². The van der Waals surface area contributed by atoms with Crippen LogP contribution >= 0.6 is 0 Å². The molecule has 0 spiro atoms. The van der Waals surface area contributed by atoms with Crippen molar-refractivity contribution in [3.63, 3.8) is 0 Å². The molecule has 0 saturated carbocycles. The van der Waals surface area contributed by atoms with Gasteiger partial charge >= 0.3 is 5.97 Å². The van der Waals surface area contributed by atoms with Gasteiger partial charge in [0.05, 0.1) is 24.5 Å². The van der Waals surface area contributed by atoms with E-state index in [0.29, 0.717) is 18.0 Å². The smallest absolute Gasteiger partial charge is 0.326 e. The van der Waals surface area contributed by atoms with Crippen molar-refractivity contribution < 1.29 is 18.7 Å². The molecule has 0 aromatic heterocycles. The summed E-state index contributed by atoms with van der Waals surface area (Å²) >= 11 is 0. The molecule has 0 aliphatic carbocycles. The van der Waals surface area contributed by atoms with E-state index in [9.17, 15) is 14.0 Å². The summed E-state index contributed by atoms with van der Waals surface area (Å²) < 4.78 is 18.4. The maximum Gasteiger partial charge on any atom is 0.326 e. The number of fused-ring (bicyclic) bond motifs is 1. The number of halogens is 1. The molecule has 1 amide bonds. The minimum Gasteiger partial charge on any atom is -0.464 e. The summed E-state index contributed by atoms with van der Waals surface area (Å²) in [5, 5.41) is 2.84. The maximum atomic E-state index is 13.2. The monoisotopic (exact) mass is 308 g/mol. The van der Waals surface area contributed by atoms with Crippen molar-refractivity contribution in [3.8, 4) is 0 Å². The van der Waals surface area contributed by atoms with Crippen LogP contribution in [-0.2, 0) is 14.3 Å². The first-order valence-electron chi connectivity index (χ1n) is 7.61. The Labute approximate surface area is 129 Å². The Morgan fingerprint density at radius 3 is 2.95 bits per heavy atom. The topological polar surface area (TPSA) is 58.6 Å². The van der Waals surface area contributed by atoms with Crippen molar-refractivity contribution in [2.45, 2.75) is 32.6 Å². The predicted molar refractivity (Wildman–Crippen MR) is 82.3 cm³/mol. The lowest BCUT2D eigenvalue weighted by molar-refractivity contribution is -0.143. The van der Waals surface area contributed by atoms with Crippen LogP contribution in [0.2, 0.25) is 0 Å². The van der Waals surface area contributed by atoms with Crippen LogP contribution in [0.4, 0.5) is 15.8 Å². The molecule has 6 heteroatoms. The summed E-state index contributed by atoms with van der Waals surface area (Å²) in [6.07, 6.45) is 4.10. The molecule has 0 atom stereocenters. The molecule has 1 aliphatic rings. The second-order valence-electron chi connectivity index (χ2n) is 5.28. The molecule has 1 aromatic rings. The van der Waals surface area contributed by atoms with E-state index in [1.807, 2.05) is 0 Å². The van der Waals surface area contributed by atoms with Crippen LogP contribution in [0.25, 0.3) is 0 Å². The molecule has 0 unspecified atom stereocenters. The van der Waals surface area contributed by atoms with Gasteiger partial charge in [0, 0.05) is 0 Å². The van der Waals surface area contributed by atoms with Gasteiger partial charge in [0.1, 0.15) is 12.4 Å². The standard InChI is InChI=1S/C16H21FN2O3/c1-2-3-4-5-8-22-16(21)11-19-14-7-6-12(17)9-13(14)18-10-15(19)20/h6-7,9,18H,2-5,8,10-11H2,1H3. The number of unbranched alkanes of at least 4 members (excludes halogenated alkanes) is 3. The minimum atomic E-state index is -0.443. The zero-order valence-electron chi connectivity index (χ0n) is 12.7. The van der Waals surface area contributed by atoms with Gasteiger partial charge in [0.15, 0.2) is 0 Å². The first-order chi connectivity index (χ1) is 10.6. The molecule has 5 nitrogen and oxygen atoms in total. The fraction of sp³-hybridized carbons (Fsp3) is 0.500. The van der Waals surface area contributed by atoms with Gasteiger partial charge in [-0.2, -0.15) is 0 Å². The number of nitrogens with zero attached hydrogens (tertiary/aromatic N) is 1. The molecule has 0 fully saturated rings. The Morgan fingerprint density at radius 1 is 1.36 bits per heavy atom. The van der Waals surface area contributed by atoms with Crippen molar-refractivity contribution in [1.82, 2.24) is 0 Å². The zero-order valence-corrected chi connectivity index (χ0v) is 12.7. The SMILES string of the molecule is CCCCCCOC(=O)CN1C(=O)CNc2cc(F)ccc21. The molecule has 0 radical (unpaired) electrons. The second-order valence-corrected chi connectivity index (χ2v) is 5.28. The van der Waals surface area contributed by atoms with Gasteiger partial charge < -0.3 is 10.1 Å². The number of benzene rings is 1. The third-order valence-corrected chi connectivity index (χ3v) is 3.53. The van der Waals surface area contributed by atoms with E-state index in [-0.39, 0.29) is 24.8 Å². The number of anilines is 2. The quantitative estimate of drug-likeness (QED) is 0.621. The van der Waals surface area contributed by atoms with Crippen LogP contribution in [0.3, 0.4) is 0 Å².